The van der Waals surface area contributed by atoms with E-state index in [0.717, 1.165) is 29.7 Å². The van der Waals surface area contributed by atoms with Crippen molar-refractivity contribution in [1.29, 1.82) is 0 Å². The largest absolute Gasteiger partial charge is 0.383 e. The van der Waals surface area contributed by atoms with Crippen LogP contribution >= 0.6 is 0 Å². The Balaban J connectivity index is 1.62. The van der Waals surface area contributed by atoms with Crippen LogP contribution in [0.5, 0.6) is 0 Å². The summed E-state index contributed by atoms with van der Waals surface area (Å²) >= 11 is 0. The number of benzene rings is 2. The summed E-state index contributed by atoms with van der Waals surface area (Å²) in [5.74, 6) is 0.506. The molecule has 1 aliphatic carbocycles. The number of aromatic nitrogens is 2. The van der Waals surface area contributed by atoms with Crippen LogP contribution in [0.25, 0.3) is 17.8 Å². The Hall–Kier alpha value is -3.34. The van der Waals surface area contributed by atoms with Crippen LogP contribution in [0.2, 0.25) is 0 Å². The van der Waals surface area contributed by atoms with E-state index >= 15 is 0 Å². The molecule has 5 heteroatoms. The van der Waals surface area contributed by atoms with Crippen LogP contribution in [-0.2, 0) is 0 Å². The lowest BCUT2D eigenvalue weighted by atomic mass is 10.1. The van der Waals surface area contributed by atoms with Crippen molar-refractivity contribution in [3.63, 3.8) is 0 Å². The molecule has 0 unspecified atom stereocenters. The maximum absolute atomic E-state index is 12.4. The molecule has 3 aromatic rings. The van der Waals surface area contributed by atoms with E-state index in [1.165, 1.54) is 0 Å². The van der Waals surface area contributed by atoms with Gasteiger partial charge in [0, 0.05) is 11.6 Å². The summed E-state index contributed by atoms with van der Waals surface area (Å²) in [4.78, 5) is 16.8. The average Bonchev–Trinajstić information content (AvgIpc) is 3.42. The Morgan fingerprint density at radius 1 is 1.19 bits per heavy atom. The first-order valence-electron chi connectivity index (χ1n) is 9.09. The molecule has 0 atom stereocenters. The molecule has 0 bridgehead atoms. The number of imidazole rings is 1. The highest BCUT2D eigenvalue weighted by Gasteiger charge is 2.24. The summed E-state index contributed by atoms with van der Waals surface area (Å²) in [6.07, 6.45) is 7.71. The highest BCUT2D eigenvalue weighted by atomic mass is 16.1. The number of aryl methyl sites for hydroxylation is 1. The number of hydrogen-bond acceptors (Lipinski definition) is 3. The second-order valence-electron chi connectivity index (χ2n) is 6.88. The quantitative estimate of drug-likeness (QED) is 0.728. The molecule has 3 N–H and O–H groups in total. The Bertz CT molecular complexity index is 1000. The van der Waals surface area contributed by atoms with Gasteiger partial charge in [-0.3, -0.25) is 9.36 Å². The molecule has 1 aliphatic rings. The third-order valence-electron chi connectivity index (χ3n) is 4.71. The fourth-order valence-corrected chi connectivity index (χ4v) is 2.94. The number of rotatable bonds is 5. The molecule has 1 heterocycles. The van der Waals surface area contributed by atoms with E-state index < -0.39 is 0 Å². The molecule has 0 aliphatic heterocycles. The van der Waals surface area contributed by atoms with Gasteiger partial charge >= 0.3 is 0 Å². The molecule has 1 saturated carbocycles. The normalized spacial score (nSPS) is 13.8. The van der Waals surface area contributed by atoms with Crippen molar-refractivity contribution in [3.8, 4) is 5.69 Å². The Labute approximate surface area is 158 Å². The molecule has 2 aromatic carbocycles. The van der Waals surface area contributed by atoms with Crippen molar-refractivity contribution in [2.24, 2.45) is 0 Å². The molecule has 0 spiro atoms. The van der Waals surface area contributed by atoms with Crippen molar-refractivity contribution in [2.45, 2.75) is 25.8 Å². The van der Waals surface area contributed by atoms with Crippen LogP contribution < -0.4 is 11.1 Å². The third kappa shape index (κ3) is 3.77. The molecule has 5 nitrogen and oxygen atoms in total. The number of anilines is 1. The lowest BCUT2D eigenvalue weighted by Gasteiger charge is -2.11. The number of nitrogens with two attached hydrogens (primary N) is 1. The maximum atomic E-state index is 12.4. The molecule has 1 aromatic heterocycles. The first-order valence-corrected chi connectivity index (χ1v) is 9.09. The first-order chi connectivity index (χ1) is 13.1. The zero-order valence-electron chi connectivity index (χ0n) is 15.2. The third-order valence-corrected chi connectivity index (χ3v) is 4.71. The standard InChI is InChI=1S/C22H22N4O/c1-15-7-9-17(22(27)25-18-10-11-18)13-20(15)26-14-24-19(21(26)23)12-8-16-5-3-2-4-6-16/h2-9,12-14,18H,10-11,23H2,1H3,(H,25,27). The van der Waals surface area contributed by atoms with E-state index in [1.54, 1.807) is 6.33 Å². The zero-order valence-corrected chi connectivity index (χ0v) is 15.2. The van der Waals surface area contributed by atoms with Crippen molar-refractivity contribution in [2.75, 3.05) is 5.73 Å². The van der Waals surface area contributed by atoms with E-state index in [2.05, 4.69) is 10.3 Å². The summed E-state index contributed by atoms with van der Waals surface area (Å²) in [6.45, 7) is 2.00. The van der Waals surface area contributed by atoms with Crippen molar-refractivity contribution >= 4 is 23.9 Å². The minimum atomic E-state index is -0.0402. The van der Waals surface area contributed by atoms with Crippen LogP contribution in [0.4, 0.5) is 5.82 Å². The van der Waals surface area contributed by atoms with Gasteiger partial charge in [0.1, 0.15) is 17.8 Å². The molecular formula is C22H22N4O. The molecule has 0 saturated heterocycles. The fourth-order valence-electron chi connectivity index (χ4n) is 2.94. The van der Waals surface area contributed by atoms with Crippen molar-refractivity contribution in [1.82, 2.24) is 14.9 Å². The maximum Gasteiger partial charge on any atom is 0.251 e. The molecular weight excluding hydrogens is 336 g/mol. The van der Waals surface area contributed by atoms with Gasteiger partial charge in [0.25, 0.3) is 5.91 Å². The molecule has 0 radical (unpaired) electrons. The van der Waals surface area contributed by atoms with Crippen LogP contribution in [-0.4, -0.2) is 21.5 Å². The fraction of sp³-hybridized carbons (Fsp3) is 0.182. The number of nitrogens with zero attached hydrogens (tertiary/aromatic N) is 2. The zero-order chi connectivity index (χ0) is 18.8. The number of nitrogens with one attached hydrogen (secondary N) is 1. The summed E-state index contributed by atoms with van der Waals surface area (Å²) in [5, 5.41) is 3.02. The van der Waals surface area contributed by atoms with Gasteiger partial charge < -0.3 is 11.1 Å². The SMILES string of the molecule is Cc1ccc(C(=O)NC2CC2)cc1-n1cnc(C=Cc2ccccc2)c1N. The number of carbonyl (C=O) groups excluding carboxylic acids is 1. The van der Waals surface area contributed by atoms with Crippen LogP contribution in [0.3, 0.4) is 0 Å². The summed E-state index contributed by atoms with van der Waals surface area (Å²) in [5.41, 5.74) is 10.6. The predicted octanol–water partition coefficient (Wildman–Crippen LogP) is 3.83. The minimum absolute atomic E-state index is 0.0402. The highest BCUT2D eigenvalue weighted by molar-refractivity contribution is 5.95. The van der Waals surface area contributed by atoms with Crippen molar-refractivity contribution in [3.05, 3.63) is 77.2 Å². The van der Waals surface area contributed by atoms with E-state index in [1.807, 2.05) is 72.2 Å². The van der Waals surface area contributed by atoms with Gasteiger partial charge in [0.05, 0.1) is 5.69 Å². The predicted molar refractivity (Wildman–Crippen MR) is 109 cm³/mol. The average molecular weight is 358 g/mol. The van der Waals surface area contributed by atoms with Gasteiger partial charge in [0.2, 0.25) is 0 Å². The number of carbonyl (C=O) groups is 1. The number of nitrogen functional groups attached to an aromatic ring is 1. The van der Waals surface area contributed by atoms with E-state index in [0.29, 0.717) is 23.1 Å². The smallest absolute Gasteiger partial charge is 0.251 e. The number of hydrogen-bond donors (Lipinski definition) is 2. The topological polar surface area (TPSA) is 72.9 Å². The van der Waals surface area contributed by atoms with Gasteiger partial charge in [-0.1, -0.05) is 42.5 Å². The van der Waals surface area contributed by atoms with Gasteiger partial charge in [-0.2, -0.15) is 0 Å². The Morgan fingerprint density at radius 3 is 2.70 bits per heavy atom. The summed E-state index contributed by atoms with van der Waals surface area (Å²) in [7, 11) is 0. The summed E-state index contributed by atoms with van der Waals surface area (Å²) < 4.78 is 1.83. The number of amides is 1. The minimum Gasteiger partial charge on any atom is -0.383 e. The first kappa shape index (κ1) is 17.1. The van der Waals surface area contributed by atoms with Crippen LogP contribution in [0.1, 0.15) is 40.0 Å². The summed E-state index contributed by atoms with van der Waals surface area (Å²) in [6, 6.07) is 16.0. The van der Waals surface area contributed by atoms with Gasteiger partial charge in [-0.25, -0.2) is 4.98 Å². The molecule has 4 rings (SSSR count). The second-order valence-corrected chi connectivity index (χ2v) is 6.88. The van der Waals surface area contributed by atoms with E-state index in [9.17, 15) is 4.79 Å². The highest BCUT2D eigenvalue weighted by Crippen LogP contribution is 2.24. The lowest BCUT2D eigenvalue weighted by molar-refractivity contribution is 0.0951. The van der Waals surface area contributed by atoms with Gasteiger partial charge in [0.15, 0.2) is 0 Å². The molecule has 136 valence electrons. The second kappa shape index (κ2) is 7.11. The lowest BCUT2D eigenvalue weighted by Crippen LogP contribution is -2.25. The van der Waals surface area contributed by atoms with E-state index in [-0.39, 0.29) is 5.91 Å². The van der Waals surface area contributed by atoms with Gasteiger partial charge in [-0.15, -0.1) is 0 Å². The van der Waals surface area contributed by atoms with Crippen LogP contribution in [0, 0.1) is 6.92 Å². The van der Waals surface area contributed by atoms with Crippen LogP contribution in [0.15, 0.2) is 54.9 Å². The Morgan fingerprint density at radius 2 is 1.96 bits per heavy atom. The Kier molecular flexibility index (Phi) is 4.50. The monoisotopic (exact) mass is 358 g/mol. The van der Waals surface area contributed by atoms with Gasteiger partial charge in [-0.05, 0) is 49.1 Å². The molecule has 1 amide bonds. The van der Waals surface area contributed by atoms with Crippen molar-refractivity contribution < 1.29 is 4.79 Å². The molecule has 27 heavy (non-hydrogen) atoms. The van der Waals surface area contributed by atoms with E-state index in [4.69, 9.17) is 5.73 Å². The molecule has 1 fully saturated rings.